The predicted octanol–water partition coefficient (Wildman–Crippen LogP) is 3.43. The molecule has 0 aliphatic carbocycles. The molecule has 0 fully saturated rings. The third-order valence-electron chi connectivity index (χ3n) is 3.73. The zero-order valence-corrected chi connectivity index (χ0v) is 12.8. The van der Waals surface area contributed by atoms with Gasteiger partial charge in [0.15, 0.2) is 0 Å². The Hall–Kier alpha value is -1.94. The molecule has 3 nitrogen and oxygen atoms in total. The van der Waals surface area contributed by atoms with Crippen molar-refractivity contribution in [1.29, 1.82) is 0 Å². The van der Waals surface area contributed by atoms with Gasteiger partial charge in [-0.1, -0.05) is 6.07 Å². The summed E-state index contributed by atoms with van der Waals surface area (Å²) in [6.07, 6.45) is 1.39. The summed E-state index contributed by atoms with van der Waals surface area (Å²) in [5.41, 5.74) is 4.13. The summed E-state index contributed by atoms with van der Waals surface area (Å²) >= 11 is 0. The van der Waals surface area contributed by atoms with E-state index in [9.17, 15) is 9.50 Å². The standard InChI is InChI=1S/C17H20FNO2/c1-10-7-13(18)5-6-14(10)16(20)8-15-12(3)17(21-4)11(2)9-19-15/h5-7,9,16,20H,8H2,1-4H3. The van der Waals surface area contributed by atoms with Crippen LogP contribution in [0.25, 0.3) is 0 Å². The third kappa shape index (κ3) is 3.22. The van der Waals surface area contributed by atoms with E-state index in [1.807, 2.05) is 13.8 Å². The molecule has 4 heteroatoms. The molecule has 0 saturated heterocycles. The van der Waals surface area contributed by atoms with Crippen molar-refractivity contribution in [2.24, 2.45) is 0 Å². The number of rotatable bonds is 4. The van der Waals surface area contributed by atoms with Crippen LogP contribution in [-0.4, -0.2) is 17.2 Å². The Balaban J connectivity index is 2.29. The second-order valence-electron chi connectivity index (χ2n) is 5.27. The van der Waals surface area contributed by atoms with Crippen LogP contribution in [0.2, 0.25) is 0 Å². The van der Waals surface area contributed by atoms with Gasteiger partial charge in [-0.25, -0.2) is 4.39 Å². The number of nitrogens with zero attached hydrogens (tertiary/aromatic N) is 1. The van der Waals surface area contributed by atoms with Crippen molar-refractivity contribution in [1.82, 2.24) is 4.98 Å². The first-order chi connectivity index (χ1) is 9.93. The molecule has 0 aliphatic heterocycles. The molecule has 1 heterocycles. The highest BCUT2D eigenvalue weighted by Gasteiger charge is 2.16. The molecule has 1 N–H and O–H groups in total. The third-order valence-corrected chi connectivity index (χ3v) is 3.73. The Morgan fingerprint density at radius 3 is 2.57 bits per heavy atom. The lowest BCUT2D eigenvalue weighted by Crippen LogP contribution is -2.08. The van der Waals surface area contributed by atoms with E-state index < -0.39 is 6.10 Å². The number of aryl methyl sites for hydroxylation is 2. The molecule has 2 aromatic rings. The van der Waals surface area contributed by atoms with Gasteiger partial charge in [0.05, 0.1) is 13.2 Å². The molecule has 1 aromatic heterocycles. The number of benzene rings is 1. The average molecular weight is 289 g/mol. The highest BCUT2D eigenvalue weighted by molar-refractivity contribution is 5.41. The highest BCUT2D eigenvalue weighted by Crippen LogP contribution is 2.28. The minimum absolute atomic E-state index is 0.297. The Morgan fingerprint density at radius 1 is 1.24 bits per heavy atom. The van der Waals surface area contributed by atoms with Crippen molar-refractivity contribution in [3.63, 3.8) is 0 Å². The maximum Gasteiger partial charge on any atom is 0.128 e. The summed E-state index contributed by atoms with van der Waals surface area (Å²) in [6.45, 7) is 5.65. The second kappa shape index (κ2) is 6.22. The van der Waals surface area contributed by atoms with Crippen LogP contribution in [0.3, 0.4) is 0 Å². The Bertz CT molecular complexity index is 655. The molecular weight excluding hydrogens is 269 g/mol. The molecule has 21 heavy (non-hydrogen) atoms. The lowest BCUT2D eigenvalue weighted by molar-refractivity contribution is 0.176. The van der Waals surface area contributed by atoms with E-state index in [1.165, 1.54) is 12.1 Å². The van der Waals surface area contributed by atoms with Crippen molar-refractivity contribution in [2.45, 2.75) is 33.3 Å². The van der Waals surface area contributed by atoms with E-state index in [2.05, 4.69) is 4.98 Å². The van der Waals surface area contributed by atoms with Crippen LogP contribution in [0.1, 0.15) is 34.1 Å². The van der Waals surface area contributed by atoms with E-state index in [0.29, 0.717) is 6.42 Å². The van der Waals surface area contributed by atoms with Gasteiger partial charge in [-0.05, 0) is 44.0 Å². The van der Waals surface area contributed by atoms with Gasteiger partial charge in [0.2, 0.25) is 0 Å². The van der Waals surface area contributed by atoms with E-state index >= 15 is 0 Å². The first-order valence-electron chi connectivity index (χ1n) is 6.87. The zero-order chi connectivity index (χ0) is 15.6. The van der Waals surface area contributed by atoms with Crippen molar-refractivity contribution < 1.29 is 14.2 Å². The summed E-state index contributed by atoms with van der Waals surface area (Å²) < 4.78 is 18.5. The molecule has 2 rings (SSSR count). The minimum Gasteiger partial charge on any atom is -0.496 e. The number of aromatic nitrogens is 1. The number of aliphatic hydroxyl groups excluding tert-OH is 1. The Kier molecular flexibility index (Phi) is 4.58. The number of hydrogen-bond acceptors (Lipinski definition) is 3. The molecule has 0 aliphatic rings. The molecule has 1 aromatic carbocycles. The molecule has 1 unspecified atom stereocenters. The van der Waals surface area contributed by atoms with Crippen LogP contribution in [-0.2, 0) is 6.42 Å². The van der Waals surface area contributed by atoms with Gasteiger partial charge in [0.25, 0.3) is 0 Å². The van der Waals surface area contributed by atoms with Crippen molar-refractivity contribution in [3.8, 4) is 5.75 Å². The zero-order valence-electron chi connectivity index (χ0n) is 12.8. The minimum atomic E-state index is -0.718. The summed E-state index contributed by atoms with van der Waals surface area (Å²) in [5.74, 6) is 0.498. The van der Waals surface area contributed by atoms with Crippen LogP contribution in [0.5, 0.6) is 5.75 Å². The molecule has 1 atom stereocenters. The van der Waals surface area contributed by atoms with Gasteiger partial charge in [-0.15, -0.1) is 0 Å². The molecular formula is C17H20FNO2. The molecule has 0 spiro atoms. The van der Waals surface area contributed by atoms with Gasteiger partial charge in [-0.2, -0.15) is 0 Å². The van der Waals surface area contributed by atoms with E-state index in [-0.39, 0.29) is 5.82 Å². The topological polar surface area (TPSA) is 42.4 Å². The summed E-state index contributed by atoms with van der Waals surface area (Å²) in [7, 11) is 1.62. The monoisotopic (exact) mass is 289 g/mol. The number of hydrogen-bond donors (Lipinski definition) is 1. The largest absolute Gasteiger partial charge is 0.496 e. The first-order valence-corrected chi connectivity index (χ1v) is 6.87. The maximum absolute atomic E-state index is 13.1. The fourth-order valence-electron chi connectivity index (χ4n) is 2.58. The van der Waals surface area contributed by atoms with Gasteiger partial charge in [0, 0.05) is 29.4 Å². The Morgan fingerprint density at radius 2 is 1.95 bits per heavy atom. The lowest BCUT2D eigenvalue weighted by atomic mass is 9.97. The summed E-state index contributed by atoms with van der Waals surface area (Å²) in [5, 5.41) is 10.4. The molecule has 0 bridgehead atoms. The van der Waals surface area contributed by atoms with Gasteiger partial charge in [0.1, 0.15) is 11.6 Å². The van der Waals surface area contributed by atoms with Crippen molar-refractivity contribution in [3.05, 3.63) is 58.2 Å². The fourth-order valence-corrected chi connectivity index (χ4v) is 2.58. The smallest absolute Gasteiger partial charge is 0.128 e. The van der Waals surface area contributed by atoms with E-state index in [0.717, 1.165) is 33.7 Å². The molecule has 0 radical (unpaired) electrons. The predicted molar refractivity (Wildman–Crippen MR) is 80.1 cm³/mol. The normalized spacial score (nSPS) is 12.3. The van der Waals surface area contributed by atoms with Crippen LogP contribution in [0, 0.1) is 26.6 Å². The van der Waals surface area contributed by atoms with Gasteiger partial charge >= 0.3 is 0 Å². The first kappa shape index (κ1) is 15.4. The summed E-state index contributed by atoms with van der Waals surface area (Å²) in [6, 6.07) is 4.41. The maximum atomic E-state index is 13.1. The number of methoxy groups -OCH3 is 1. The van der Waals surface area contributed by atoms with Crippen LogP contribution >= 0.6 is 0 Å². The van der Waals surface area contributed by atoms with E-state index in [4.69, 9.17) is 4.74 Å². The van der Waals surface area contributed by atoms with Crippen molar-refractivity contribution >= 4 is 0 Å². The number of pyridine rings is 1. The van der Waals surface area contributed by atoms with Crippen LogP contribution < -0.4 is 4.74 Å². The molecule has 0 amide bonds. The highest BCUT2D eigenvalue weighted by atomic mass is 19.1. The van der Waals surface area contributed by atoms with Crippen LogP contribution in [0.4, 0.5) is 4.39 Å². The quantitative estimate of drug-likeness (QED) is 0.937. The number of ether oxygens (including phenoxy) is 1. The Labute approximate surface area is 124 Å². The van der Waals surface area contributed by atoms with Gasteiger partial charge in [-0.3, -0.25) is 4.98 Å². The van der Waals surface area contributed by atoms with Crippen molar-refractivity contribution in [2.75, 3.05) is 7.11 Å². The summed E-state index contributed by atoms with van der Waals surface area (Å²) in [4.78, 5) is 4.39. The van der Waals surface area contributed by atoms with Gasteiger partial charge < -0.3 is 9.84 Å². The SMILES string of the molecule is COc1c(C)cnc(CC(O)c2ccc(F)cc2C)c1C. The van der Waals surface area contributed by atoms with Crippen LogP contribution in [0.15, 0.2) is 24.4 Å². The molecule has 112 valence electrons. The second-order valence-corrected chi connectivity index (χ2v) is 5.27. The van der Waals surface area contributed by atoms with E-state index in [1.54, 1.807) is 26.3 Å². The number of halogens is 1. The fraction of sp³-hybridized carbons (Fsp3) is 0.353. The number of aliphatic hydroxyl groups is 1. The molecule has 0 saturated carbocycles. The average Bonchev–Trinajstić information content (AvgIpc) is 2.42. The lowest BCUT2D eigenvalue weighted by Gasteiger charge is -2.17.